The van der Waals surface area contributed by atoms with E-state index in [-0.39, 0.29) is 10.8 Å². The third-order valence-corrected chi connectivity index (χ3v) is 3.02. The van der Waals surface area contributed by atoms with Crippen molar-refractivity contribution in [2.24, 2.45) is 0 Å². The zero-order valence-electron chi connectivity index (χ0n) is 8.57. The normalized spacial score (nSPS) is 10.3. The molecule has 2 aromatic rings. The Bertz CT molecular complexity index is 539. The highest BCUT2D eigenvalue weighted by Gasteiger charge is 2.12. The van der Waals surface area contributed by atoms with Gasteiger partial charge in [-0.3, -0.25) is 9.59 Å². The molecular weight excluding hydrogens is 228 g/mol. The first-order valence-corrected chi connectivity index (χ1v) is 5.49. The summed E-state index contributed by atoms with van der Waals surface area (Å²) >= 11 is 0.906. The average molecular weight is 238 g/mol. The van der Waals surface area contributed by atoms with Gasteiger partial charge in [-0.15, -0.1) is 0 Å². The summed E-state index contributed by atoms with van der Waals surface area (Å²) in [5, 5.41) is 2.67. The van der Waals surface area contributed by atoms with E-state index >= 15 is 0 Å². The molecule has 0 unspecified atom stereocenters. The van der Waals surface area contributed by atoms with Crippen LogP contribution in [0.4, 0.5) is 0 Å². The number of furan rings is 1. The second-order valence-corrected chi connectivity index (χ2v) is 4.21. The van der Waals surface area contributed by atoms with Crippen molar-refractivity contribution in [3.8, 4) is 0 Å². The molecule has 2 N–H and O–H groups in total. The lowest BCUT2D eigenvalue weighted by Gasteiger charge is -2.00. The smallest absolute Gasteiger partial charge is 0.305 e. The van der Waals surface area contributed by atoms with Gasteiger partial charge in [-0.05, 0) is 19.1 Å². The maximum Gasteiger partial charge on any atom is 0.305 e. The maximum absolute atomic E-state index is 11.7. The minimum absolute atomic E-state index is 0.222. The molecule has 0 fully saturated rings. The summed E-state index contributed by atoms with van der Waals surface area (Å²) in [7, 11) is 0. The van der Waals surface area contributed by atoms with Gasteiger partial charge in [-0.1, -0.05) is 11.3 Å². The van der Waals surface area contributed by atoms with Gasteiger partial charge < -0.3 is 14.7 Å². The molecule has 0 aliphatic heterocycles. The molecule has 0 atom stereocenters. The fourth-order valence-corrected chi connectivity index (χ4v) is 2.04. The minimum atomic E-state index is -0.266. The van der Waals surface area contributed by atoms with Gasteiger partial charge in [0.25, 0.3) is 5.91 Å². The van der Waals surface area contributed by atoms with Crippen LogP contribution in [-0.2, 0) is 6.54 Å². The van der Waals surface area contributed by atoms with Crippen molar-refractivity contribution < 1.29 is 9.21 Å². The molecule has 16 heavy (non-hydrogen) atoms. The molecule has 0 saturated heterocycles. The van der Waals surface area contributed by atoms with E-state index in [2.05, 4.69) is 10.3 Å². The first-order chi connectivity index (χ1) is 7.66. The fourth-order valence-electron chi connectivity index (χ4n) is 1.28. The van der Waals surface area contributed by atoms with Crippen LogP contribution >= 0.6 is 11.3 Å². The van der Waals surface area contributed by atoms with Crippen LogP contribution in [-0.4, -0.2) is 10.9 Å². The molecule has 0 aliphatic carbocycles. The number of aryl methyl sites for hydroxylation is 1. The number of carbonyl (C=O) groups excluding carboxylic acids is 1. The molecule has 0 radical (unpaired) electrons. The molecule has 0 saturated carbocycles. The Balaban J connectivity index is 2.03. The van der Waals surface area contributed by atoms with Crippen molar-refractivity contribution in [2.45, 2.75) is 13.5 Å². The zero-order valence-corrected chi connectivity index (χ0v) is 9.39. The number of aromatic amines is 1. The summed E-state index contributed by atoms with van der Waals surface area (Å²) in [6.45, 7) is 2.01. The largest absolute Gasteiger partial charge is 0.467 e. The summed E-state index contributed by atoms with van der Waals surface area (Å²) in [4.78, 5) is 25.4. The predicted octanol–water partition coefficient (Wildman–Crippen LogP) is 1.27. The van der Waals surface area contributed by atoms with Gasteiger partial charge in [-0.2, -0.15) is 0 Å². The highest BCUT2D eigenvalue weighted by Crippen LogP contribution is 2.08. The van der Waals surface area contributed by atoms with E-state index < -0.39 is 0 Å². The van der Waals surface area contributed by atoms with E-state index in [9.17, 15) is 9.59 Å². The van der Waals surface area contributed by atoms with Gasteiger partial charge in [0.1, 0.15) is 10.6 Å². The average Bonchev–Trinajstić information content (AvgIpc) is 2.84. The summed E-state index contributed by atoms with van der Waals surface area (Å²) in [5.41, 5.74) is 0.590. The van der Waals surface area contributed by atoms with E-state index in [1.165, 1.54) is 0 Å². The Labute approximate surface area is 95.1 Å². The first kappa shape index (κ1) is 10.7. The molecule has 0 aromatic carbocycles. The summed E-state index contributed by atoms with van der Waals surface area (Å²) < 4.78 is 5.07. The Morgan fingerprint density at radius 1 is 1.62 bits per heavy atom. The second kappa shape index (κ2) is 4.36. The molecule has 5 nitrogen and oxygen atoms in total. The van der Waals surface area contributed by atoms with Gasteiger partial charge in [0.15, 0.2) is 0 Å². The van der Waals surface area contributed by atoms with Crippen LogP contribution in [0.5, 0.6) is 0 Å². The Morgan fingerprint density at radius 2 is 2.44 bits per heavy atom. The lowest BCUT2D eigenvalue weighted by molar-refractivity contribution is 0.0951. The zero-order chi connectivity index (χ0) is 11.5. The van der Waals surface area contributed by atoms with Crippen LogP contribution in [0.3, 0.4) is 0 Å². The third-order valence-electron chi connectivity index (χ3n) is 2.03. The van der Waals surface area contributed by atoms with Crippen LogP contribution in [0.2, 0.25) is 0 Å². The van der Waals surface area contributed by atoms with Crippen molar-refractivity contribution in [1.29, 1.82) is 0 Å². The van der Waals surface area contributed by atoms with Crippen molar-refractivity contribution >= 4 is 17.2 Å². The maximum atomic E-state index is 11.7. The van der Waals surface area contributed by atoms with Gasteiger partial charge in [0.05, 0.1) is 12.8 Å². The standard InChI is InChI=1S/C10H10N2O3S/c1-6-8(16-10(14)12-6)9(13)11-5-7-3-2-4-15-7/h2-4H,5H2,1H3,(H,11,13)(H,12,14). The van der Waals surface area contributed by atoms with Crippen molar-refractivity contribution in [2.75, 3.05) is 0 Å². The lowest BCUT2D eigenvalue weighted by Crippen LogP contribution is -2.22. The molecule has 2 aromatic heterocycles. The van der Waals surface area contributed by atoms with Crippen LogP contribution in [0.25, 0.3) is 0 Å². The number of rotatable bonds is 3. The number of thiazole rings is 1. The first-order valence-electron chi connectivity index (χ1n) is 4.67. The van der Waals surface area contributed by atoms with Gasteiger partial charge in [0, 0.05) is 5.69 Å². The number of hydrogen-bond donors (Lipinski definition) is 2. The Morgan fingerprint density at radius 3 is 3.00 bits per heavy atom. The number of nitrogens with one attached hydrogen (secondary N) is 2. The van der Waals surface area contributed by atoms with Crippen molar-refractivity contribution in [3.05, 3.63) is 44.4 Å². The topological polar surface area (TPSA) is 75.1 Å². The highest BCUT2D eigenvalue weighted by molar-refractivity contribution is 7.11. The fraction of sp³-hybridized carbons (Fsp3) is 0.200. The molecular formula is C10H10N2O3S. The van der Waals surface area contributed by atoms with Crippen molar-refractivity contribution in [1.82, 2.24) is 10.3 Å². The number of H-pyrrole nitrogens is 1. The number of hydrogen-bond acceptors (Lipinski definition) is 4. The number of aromatic nitrogens is 1. The van der Waals surface area contributed by atoms with E-state index in [4.69, 9.17) is 4.42 Å². The lowest BCUT2D eigenvalue weighted by atomic mass is 10.3. The molecule has 0 aliphatic rings. The molecule has 84 valence electrons. The molecule has 0 spiro atoms. The van der Waals surface area contributed by atoms with Gasteiger partial charge in [0.2, 0.25) is 0 Å². The monoisotopic (exact) mass is 238 g/mol. The van der Waals surface area contributed by atoms with Crippen LogP contribution in [0.1, 0.15) is 21.1 Å². The number of carbonyl (C=O) groups is 1. The molecule has 2 rings (SSSR count). The quantitative estimate of drug-likeness (QED) is 0.845. The second-order valence-electron chi connectivity index (χ2n) is 3.23. The van der Waals surface area contributed by atoms with E-state index in [1.807, 2.05) is 0 Å². The van der Waals surface area contributed by atoms with E-state index in [1.54, 1.807) is 25.3 Å². The Hall–Kier alpha value is -1.82. The third kappa shape index (κ3) is 2.22. The Kier molecular flexibility index (Phi) is 2.91. The predicted molar refractivity (Wildman–Crippen MR) is 59.6 cm³/mol. The van der Waals surface area contributed by atoms with Gasteiger partial charge in [-0.25, -0.2) is 0 Å². The molecule has 6 heteroatoms. The highest BCUT2D eigenvalue weighted by atomic mass is 32.1. The van der Waals surface area contributed by atoms with Crippen LogP contribution in [0, 0.1) is 6.92 Å². The number of amides is 1. The van der Waals surface area contributed by atoms with Gasteiger partial charge >= 0.3 is 4.87 Å². The summed E-state index contributed by atoms with van der Waals surface area (Å²) in [6.07, 6.45) is 1.54. The van der Waals surface area contributed by atoms with Crippen LogP contribution < -0.4 is 10.2 Å². The minimum Gasteiger partial charge on any atom is -0.467 e. The molecule has 1 amide bonds. The van der Waals surface area contributed by atoms with Crippen molar-refractivity contribution in [3.63, 3.8) is 0 Å². The summed E-state index contributed by atoms with van der Waals surface area (Å²) in [6, 6.07) is 3.52. The van der Waals surface area contributed by atoms with E-state index in [0.717, 1.165) is 11.3 Å². The molecule has 0 bridgehead atoms. The summed E-state index contributed by atoms with van der Waals surface area (Å²) in [5.74, 6) is 0.408. The van der Waals surface area contributed by atoms with Crippen LogP contribution in [0.15, 0.2) is 27.6 Å². The van der Waals surface area contributed by atoms with E-state index in [0.29, 0.717) is 22.9 Å². The molecule has 2 heterocycles. The SMILES string of the molecule is Cc1[nH]c(=O)sc1C(=O)NCc1ccco1.